The number of aromatic hydroxyl groups is 1. The molecule has 1 saturated heterocycles. The molecule has 3 rings (SSSR count). The highest BCUT2D eigenvalue weighted by Gasteiger charge is 2.38. The Labute approximate surface area is 162 Å². The van der Waals surface area contributed by atoms with E-state index < -0.39 is 35.2 Å². The number of imide groups is 2. The average molecular weight is 406 g/mol. The second-order valence-corrected chi connectivity index (χ2v) is 5.94. The van der Waals surface area contributed by atoms with Gasteiger partial charge in [-0.1, -0.05) is 12.1 Å². The van der Waals surface area contributed by atoms with Gasteiger partial charge in [-0.2, -0.15) is 13.2 Å². The number of halogens is 3. The van der Waals surface area contributed by atoms with Crippen molar-refractivity contribution in [3.8, 4) is 11.5 Å². The van der Waals surface area contributed by atoms with Crippen LogP contribution < -0.4 is 15.0 Å². The quantitative estimate of drug-likeness (QED) is 0.603. The van der Waals surface area contributed by atoms with Crippen LogP contribution >= 0.6 is 0 Å². The first-order valence-corrected chi connectivity index (χ1v) is 8.07. The van der Waals surface area contributed by atoms with Crippen LogP contribution in [-0.4, -0.2) is 30.1 Å². The molecule has 1 fully saturated rings. The van der Waals surface area contributed by atoms with E-state index in [-0.39, 0.29) is 22.7 Å². The second kappa shape index (κ2) is 7.30. The Kier molecular flexibility index (Phi) is 5.02. The summed E-state index contributed by atoms with van der Waals surface area (Å²) < 4.78 is 43.8. The summed E-state index contributed by atoms with van der Waals surface area (Å²) >= 11 is 0. The molecule has 2 N–H and O–H groups in total. The van der Waals surface area contributed by atoms with Crippen molar-refractivity contribution < 1.29 is 37.4 Å². The van der Waals surface area contributed by atoms with E-state index >= 15 is 0 Å². The molecular formula is C19H13F3N2O5. The molecule has 29 heavy (non-hydrogen) atoms. The van der Waals surface area contributed by atoms with Crippen molar-refractivity contribution in [3.63, 3.8) is 0 Å². The predicted octanol–water partition coefficient (Wildman–Crippen LogP) is 3.09. The molecule has 7 nitrogen and oxygen atoms in total. The van der Waals surface area contributed by atoms with Crippen LogP contribution in [0.25, 0.3) is 6.08 Å². The number of hydrogen-bond acceptors (Lipinski definition) is 5. The summed E-state index contributed by atoms with van der Waals surface area (Å²) in [5.41, 5.74) is -1.59. The Balaban J connectivity index is 2.03. The van der Waals surface area contributed by atoms with Gasteiger partial charge in [-0.05, 0) is 42.0 Å². The molecule has 2 aromatic rings. The number of carbonyl (C=O) groups excluding carboxylic acids is 3. The van der Waals surface area contributed by atoms with Crippen LogP contribution in [0.3, 0.4) is 0 Å². The van der Waals surface area contributed by atoms with E-state index in [9.17, 15) is 32.7 Å². The number of phenols is 1. The normalized spacial score (nSPS) is 16.2. The lowest BCUT2D eigenvalue weighted by atomic mass is 10.1. The SMILES string of the molecule is COc1cc(/C=C2/C(=O)NC(=O)N(c3cccc(C(F)(F)F)c3)C2=O)ccc1O. The number of nitrogens with zero attached hydrogens (tertiary/aromatic N) is 1. The summed E-state index contributed by atoms with van der Waals surface area (Å²) in [6, 6.07) is 6.44. The Bertz CT molecular complexity index is 1050. The van der Waals surface area contributed by atoms with Gasteiger partial charge in [0.25, 0.3) is 11.8 Å². The number of benzene rings is 2. The fourth-order valence-corrected chi connectivity index (χ4v) is 2.66. The molecule has 4 amide bonds. The van der Waals surface area contributed by atoms with E-state index in [1.54, 1.807) is 0 Å². The van der Waals surface area contributed by atoms with Crippen LogP contribution in [0.4, 0.5) is 23.7 Å². The summed E-state index contributed by atoms with van der Waals surface area (Å²) in [5, 5.41) is 11.5. The Hall–Kier alpha value is -3.82. The number of anilines is 1. The number of methoxy groups -OCH3 is 1. The molecule has 0 unspecified atom stereocenters. The standard InChI is InChI=1S/C19H13F3N2O5/c1-29-15-8-10(5-6-14(15)25)7-13-16(26)23-18(28)24(17(13)27)12-4-2-3-11(9-12)19(20,21)22/h2-9,25H,1H3,(H,23,26,28)/b13-7-. The number of amides is 4. The molecule has 0 aromatic heterocycles. The molecule has 0 bridgehead atoms. The molecule has 10 heteroatoms. The van der Waals surface area contributed by atoms with Gasteiger partial charge in [0.05, 0.1) is 18.4 Å². The molecular weight excluding hydrogens is 393 g/mol. The first-order valence-electron chi connectivity index (χ1n) is 8.07. The molecule has 1 aliphatic rings. The molecule has 0 atom stereocenters. The first-order chi connectivity index (χ1) is 13.6. The minimum absolute atomic E-state index is 0.0776. The van der Waals surface area contributed by atoms with Gasteiger partial charge in [0.2, 0.25) is 0 Å². The van der Waals surface area contributed by atoms with E-state index in [1.807, 2.05) is 5.32 Å². The fourth-order valence-electron chi connectivity index (χ4n) is 2.66. The zero-order valence-electron chi connectivity index (χ0n) is 14.8. The van der Waals surface area contributed by atoms with Crippen molar-refractivity contribution in [1.29, 1.82) is 0 Å². The first kappa shape index (κ1) is 19.9. The van der Waals surface area contributed by atoms with Crippen molar-refractivity contribution in [1.82, 2.24) is 5.32 Å². The highest BCUT2D eigenvalue weighted by molar-refractivity contribution is 6.39. The average Bonchev–Trinajstić information content (AvgIpc) is 2.65. The smallest absolute Gasteiger partial charge is 0.416 e. The van der Waals surface area contributed by atoms with Crippen molar-refractivity contribution in [2.75, 3.05) is 12.0 Å². The largest absolute Gasteiger partial charge is 0.504 e. The van der Waals surface area contributed by atoms with E-state index in [1.165, 1.54) is 25.3 Å². The number of barbiturate groups is 1. The Morgan fingerprint density at radius 3 is 2.48 bits per heavy atom. The number of carbonyl (C=O) groups is 3. The third-order valence-corrected chi connectivity index (χ3v) is 4.05. The van der Waals surface area contributed by atoms with Crippen molar-refractivity contribution in [3.05, 3.63) is 59.2 Å². The summed E-state index contributed by atoms with van der Waals surface area (Å²) in [4.78, 5) is 37.5. The topological polar surface area (TPSA) is 95.9 Å². The van der Waals surface area contributed by atoms with Gasteiger partial charge in [0, 0.05) is 0 Å². The zero-order chi connectivity index (χ0) is 21.3. The lowest BCUT2D eigenvalue weighted by Gasteiger charge is -2.26. The molecule has 0 saturated carbocycles. The van der Waals surface area contributed by atoms with Crippen LogP contribution in [0.15, 0.2) is 48.0 Å². The summed E-state index contributed by atoms with van der Waals surface area (Å²) in [5.74, 6) is -2.19. The summed E-state index contributed by atoms with van der Waals surface area (Å²) in [6.45, 7) is 0. The van der Waals surface area contributed by atoms with Gasteiger partial charge in [-0.3, -0.25) is 14.9 Å². The number of rotatable bonds is 3. The maximum absolute atomic E-state index is 13.0. The van der Waals surface area contributed by atoms with Crippen molar-refractivity contribution >= 4 is 29.6 Å². The number of phenolic OH excluding ortho intramolecular Hbond substituents is 1. The molecule has 1 aliphatic heterocycles. The molecule has 150 valence electrons. The van der Waals surface area contributed by atoms with E-state index in [0.717, 1.165) is 24.3 Å². The van der Waals surface area contributed by atoms with Crippen LogP contribution in [0, 0.1) is 0 Å². The van der Waals surface area contributed by atoms with Crippen LogP contribution in [0.2, 0.25) is 0 Å². The third-order valence-electron chi connectivity index (χ3n) is 4.05. The number of alkyl halides is 3. The van der Waals surface area contributed by atoms with E-state index in [4.69, 9.17) is 4.74 Å². The van der Waals surface area contributed by atoms with Crippen LogP contribution in [0.5, 0.6) is 11.5 Å². The van der Waals surface area contributed by atoms with E-state index in [2.05, 4.69) is 0 Å². The number of ether oxygens (including phenoxy) is 1. The minimum Gasteiger partial charge on any atom is -0.504 e. The Morgan fingerprint density at radius 2 is 1.83 bits per heavy atom. The van der Waals surface area contributed by atoms with Gasteiger partial charge in [0.15, 0.2) is 11.5 Å². The maximum atomic E-state index is 13.0. The molecule has 2 aromatic carbocycles. The lowest BCUT2D eigenvalue weighted by molar-refractivity contribution is -0.137. The summed E-state index contributed by atoms with van der Waals surface area (Å²) in [7, 11) is 1.30. The number of nitrogens with one attached hydrogen (secondary N) is 1. The number of urea groups is 1. The minimum atomic E-state index is -4.68. The monoisotopic (exact) mass is 406 g/mol. The van der Waals surface area contributed by atoms with Crippen molar-refractivity contribution in [2.24, 2.45) is 0 Å². The predicted molar refractivity (Wildman–Crippen MR) is 95.1 cm³/mol. The maximum Gasteiger partial charge on any atom is 0.416 e. The molecule has 0 spiro atoms. The summed E-state index contributed by atoms with van der Waals surface area (Å²) in [6.07, 6.45) is -3.55. The van der Waals surface area contributed by atoms with Crippen LogP contribution in [-0.2, 0) is 15.8 Å². The lowest BCUT2D eigenvalue weighted by Crippen LogP contribution is -2.54. The highest BCUT2D eigenvalue weighted by Crippen LogP contribution is 2.33. The van der Waals surface area contributed by atoms with E-state index in [0.29, 0.717) is 11.0 Å². The fraction of sp³-hybridized carbons (Fsp3) is 0.105. The van der Waals surface area contributed by atoms with Gasteiger partial charge >= 0.3 is 12.2 Å². The Morgan fingerprint density at radius 1 is 1.10 bits per heavy atom. The van der Waals surface area contributed by atoms with Gasteiger partial charge in [-0.25, -0.2) is 9.69 Å². The number of hydrogen-bond donors (Lipinski definition) is 2. The van der Waals surface area contributed by atoms with Crippen molar-refractivity contribution in [2.45, 2.75) is 6.18 Å². The third kappa shape index (κ3) is 3.91. The molecule has 0 radical (unpaired) electrons. The molecule has 0 aliphatic carbocycles. The second-order valence-electron chi connectivity index (χ2n) is 5.94. The zero-order valence-corrected chi connectivity index (χ0v) is 14.8. The highest BCUT2D eigenvalue weighted by atomic mass is 19.4. The molecule has 1 heterocycles. The van der Waals surface area contributed by atoms with Gasteiger partial charge in [-0.15, -0.1) is 0 Å². The van der Waals surface area contributed by atoms with Crippen LogP contribution in [0.1, 0.15) is 11.1 Å². The van der Waals surface area contributed by atoms with Gasteiger partial charge in [0.1, 0.15) is 5.57 Å². The van der Waals surface area contributed by atoms with Gasteiger partial charge < -0.3 is 9.84 Å².